The molecule has 1 aromatic carbocycles. The second-order valence-corrected chi connectivity index (χ2v) is 5.96. The fraction of sp³-hybridized carbons (Fsp3) is 0.429. The lowest BCUT2D eigenvalue weighted by molar-refractivity contribution is -0.118. The Kier molecular flexibility index (Phi) is 3.48. The number of hydrogen-bond acceptors (Lipinski definition) is 4. The molecule has 1 amide bonds. The zero-order chi connectivity index (χ0) is 13.2. The third kappa shape index (κ3) is 2.62. The van der Waals surface area contributed by atoms with Crippen molar-refractivity contribution in [1.29, 1.82) is 0 Å². The summed E-state index contributed by atoms with van der Waals surface area (Å²) in [6, 6.07) is 6.02. The van der Waals surface area contributed by atoms with Gasteiger partial charge in [0, 0.05) is 0 Å². The number of hydrogen-bond donors (Lipinski definition) is 2. The lowest BCUT2D eigenvalue weighted by Gasteiger charge is -2.21. The molecule has 0 saturated carbocycles. The van der Waals surface area contributed by atoms with Gasteiger partial charge in [-0.2, -0.15) is 0 Å². The predicted molar refractivity (Wildman–Crippen MR) is 78.6 cm³/mol. The molecule has 4 nitrogen and oxygen atoms in total. The molecular weight excluding hydrogens is 258 g/mol. The number of nitrogens with one attached hydrogen (secondary N) is 2. The van der Waals surface area contributed by atoms with Crippen LogP contribution in [0.1, 0.15) is 24.8 Å². The van der Waals surface area contributed by atoms with Gasteiger partial charge < -0.3 is 10.6 Å². The number of anilines is 1. The van der Waals surface area contributed by atoms with Crippen LogP contribution in [0.3, 0.4) is 0 Å². The van der Waals surface area contributed by atoms with Crippen LogP contribution in [0.2, 0.25) is 0 Å². The normalized spacial score (nSPS) is 19.5. The number of carbonyl (C=O) groups excluding carboxylic acids is 1. The quantitative estimate of drug-likeness (QED) is 0.886. The van der Waals surface area contributed by atoms with Crippen molar-refractivity contribution in [3.63, 3.8) is 0 Å². The van der Waals surface area contributed by atoms with E-state index < -0.39 is 0 Å². The number of amides is 1. The van der Waals surface area contributed by atoms with Crippen molar-refractivity contribution in [2.75, 3.05) is 11.9 Å². The predicted octanol–water partition coefficient (Wildman–Crippen LogP) is 2.69. The van der Waals surface area contributed by atoms with Gasteiger partial charge in [-0.05, 0) is 37.9 Å². The van der Waals surface area contributed by atoms with E-state index in [9.17, 15) is 4.79 Å². The molecule has 1 fully saturated rings. The Bertz CT molecular complexity index is 602. The zero-order valence-electron chi connectivity index (χ0n) is 10.9. The maximum atomic E-state index is 12.1. The summed E-state index contributed by atoms with van der Waals surface area (Å²) in [5.41, 5.74) is 2.13. The molecule has 1 unspecified atom stereocenters. The first-order valence-electron chi connectivity index (χ1n) is 6.64. The smallest absolute Gasteiger partial charge is 0.243 e. The van der Waals surface area contributed by atoms with Gasteiger partial charge in [0.05, 0.1) is 16.3 Å². The molecule has 1 aliphatic heterocycles. The number of rotatable bonds is 2. The van der Waals surface area contributed by atoms with Crippen LogP contribution in [-0.4, -0.2) is 23.5 Å². The molecule has 0 radical (unpaired) electrons. The molecule has 5 heteroatoms. The third-order valence-corrected chi connectivity index (χ3v) is 4.41. The van der Waals surface area contributed by atoms with Gasteiger partial charge in [-0.15, -0.1) is 0 Å². The van der Waals surface area contributed by atoms with Crippen LogP contribution in [0.25, 0.3) is 10.2 Å². The second-order valence-electron chi connectivity index (χ2n) is 4.93. The number of piperidine rings is 1. The molecule has 2 N–H and O–H groups in total. The van der Waals surface area contributed by atoms with Gasteiger partial charge in [0.25, 0.3) is 0 Å². The van der Waals surface area contributed by atoms with Crippen LogP contribution in [-0.2, 0) is 4.79 Å². The Morgan fingerprint density at radius 3 is 3.11 bits per heavy atom. The summed E-state index contributed by atoms with van der Waals surface area (Å²) in [6.45, 7) is 2.97. The van der Waals surface area contributed by atoms with Crippen LogP contribution in [0.15, 0.2) is 18.2 Å². The molecule has 1 saturated heterocycles. The van der Waals surface area contributed by atoms with E-state index in [1.165, 1.54) is 11.3 Å². The van der Waals surface area contributed by atoms with E-state index >= 15 is 0 Å². The lowest BCUT2D eigenvalue weighted by Crippen LogP contribution is -2.43. The number of benzene rings is 1. The minimum absolute atomic E-state index is 0.0383. The van der Waals surface area contributed by atoms with Gasteiger partial charge in [0.1, 0.15) is 0 Å². The highest BCUT2D eigenvalue weighted by molar-refractivity contribution is 7.22. The standard InChI is InChI=1S/C14H17N3OS/c1-9-5-4-7-11-12(9)16-14(19-11)17-13(18)10-6-2-3-8-15-10/h4-5,7,10,15H,2-3,6,8H2,1H3,(H,16,17,18). The van der Waals surface area contributed by atoms with Crippen LogP contribution >= 0.6 is 11.3 Å². The van der Waals surface area contributed by atoms with E-state index in [4.69, 9.17) is 0 Å². The van der Waals surface area contributed by atoms with Gasteiger partial charge in [0.2, 0.25) is 5.91 Å². The van der Waals surface area contributed by atoms with Gasteiger partial charge >= 0.3 is 0 Å². The average Bonchev–Trinajstić information content (AvgIpc) is 2.84. The van der Waals surface area contributed by atoms with E-state index in [2.05, 4.69) is 15.6 Å². The van der Waals surface area contributed by atoms with Crippen molar-refractivity contribution in [1.82, 2.24) is 10.3 Å². The minimum atomic E-state index is -0.0677. The Balaban J connectivity index is 1.77. The molecule has 0 bridgehead atoms. The Labute approximate surface area is 116 Å². The summed E-state index contributed by atoms with van der Waals surface area (Å²) < 4.78 is 1.12. The molecule has 0 aliphatic carbocycles. The lowest BCUT2D eigenvalue weighted by atomic mass is 10.0. The average molecular weight is 275 g/mol. The van der Waals surface area contributed by atoms with Crippen molar-refractivity contribution in [3.05, 3.63) is 23.8 Å². The van der Waals surface area contributed by atoms with E-state index in [0.29, 0.717) is 5.13 Å². The SMILES string of the molecule is Cc1cccc2sc(NC(=O)C3CCCCN3)nc12. The number of carbonyl (C=O) groups is 1. The zero-order valence-corrected chi connectivity index (χ0v) is 11.7. The summed E-state index contributed by atoms with van der Waals surface area (Å²) in [6.07, 6.45) is 3.18. The molecule has 2 heterocycles. The van der Waals surface area contributed by atoms with Crippen molar-refractivity contribution in [2.45, 2.75) is 32.2 Å². The number of aryl methyl sites for hydroxylation is 1. The number of aromatic nitrogens is 1. The van der Waals surface area contributed by atoms with Gasteiger partial charge in [0.15, 0.2) is 5.13 Å². The topological polar surface area (TPSA) is 54.0 Å². The summed E-state index contributed by atoms with van der Waals surface area (Å²) in [5.74, 6) is 0.0383. The van der Waals surface area contributed by atoms with Gasteiger partial charge in [-0.3, -0.25) is 4.79 Å². The maximum absolute atomic E-state index is 12.1. The van der Waals surface area contributed by atoms with Crippen molar-refractivity contribution < 1.29 is 4.79 Å². The fourth-order valence-corrected chi connectivity index (χ4v) is 3.35. The highest BCUT2D eigenvalue weighted by Gasteiger charge is 2.21. The van der Waals surface area contributed by atoms with Crippen LogP contribution in [0, 0.1) is 6.92 Å². The summed E-state index contributed by atoms with van der Waals surface area (Å²) in [5, 5.41) is 6.88. The van der Waals surface area contributed by atoms with Crippen LogP contribution < -0.4 is 10.6 Å². The van der Waals surface area contributed by atoms with Gasteiger partial charge in [-0.1, -0.05) is 29.9 Å². The van der Waals surface area contributed by atoms with Crippen LogP contribution in [0.4, 0.5) is 5.13 Å². The van der Waals surface area contributed by atoms with Crippen molar-refractivity contribution >= 4 is 32.6 Å². The molecule has 1 atom stereocenters. The first-order valence-corrected chi connectivity index (χ1v) is 7.46. The summed E-state index contributed by atoms with van der Waals surface area (Å²) in [7, 11) is 0. The highest BCUT2D eigenvalue weighted by Crippen LogP contribution is 2.28. The van der Waals surface area contributed by atoms with Gasteiger partial charge in [-0.25, -0.2) is 4.98 Å². The second kappa shape index (κ2) is 5.27. The fourth-order valence-electron chi connectivity index (χ4n) is 2.41. The summed E-state index contributed by atoms with van der Waals surface area (Å²) in [4.78, 5) is 16.6. The number of fused-ring (bicyclic) bond motifs is 1. The van der Waals surface area contributed by atoms with Crippen molar-refractivity contribution in [2.24, 2.45) is 0 Å². The molecular formula is C14H17N3OS. The van der Waals surface area contributed by atoms with Crippen molar-refractivity contribution in [3.8, 4) is 0 Å². The van der Waals surface area contributed by atoms with E-state index in [-0.39, 0.29) is 11.9 Å². The van der Waals surface area contributed by atoms with E-state index in [1.54, 1.807) is 0 Å². The molecule has 100 valence electrons. The largest absolute Gasteiger partial charge is 0.306 e. The molecule has 0 spiro atoms. The maximum Gasteiger partial charge on any atom is 0.243 e. The summed E-state index contributed by atoms with van der Waals surface area (Å²) >= 11 is 1.53. The van der Waals surface area contributed by atoms with E-state index in [1.807, 2.05) is 25.1 Å². The Hall–Kier alpha value is -1.46. The number of thiazole rings is 1. The van der Waals surface area contributed by atoms with E-state index in [0.717, 1.165) is 41.6 Å². The monoisotopic (exact) mass is 275 g/mol. The third-order valence-electron chi connectivity index (χ3n) is 3.48. The molecule has 2 aromatic rings. The first-order chi connectivity index (χ1) is 9.24. The number of nitrogens with zero attached hydrogens (tertiary/aromatic N) is 1. The Morgan fingerprint density at radius 2 is 2.37 bits per heavy atom. The molecule has 1 aliphatic rings. The van der Waals surface area contributed by atoms with Crippen LogP contribution in [0.5, 0.6) is 0 Å². The minimum Gasteiger partial charge on any atom is -0.306 e. The number of para-hydroxylation sites is 1. The Morgan fingerprint density at radius 1 is 1.47 bits per heavy atom. The molecule has 1 aromatic heterocycles. The first kappa shape index (κ1) is 12.6. The molecule has 19 heavy (non-hydrogen) atoms. The molecule has 3 rings (SSSR count). The highest BCUT2D eigenvalue weighted by atomic mass is 32.1.